The van der Waals surface area contributed by atoms with Crippen LogP contribution in [0.3, 0.4) is 0 Å². The molecular weight excluding hydrogens is 322 g/mol. The van der Waals surface area contributed by atoms with Crippen LogP contribution in [0.5, 0.6) is 0 Å². The Morgan fingerprint density at radius 2 is 1.61 bits per heavy atom. The van der Waals surface area contributed by atoms with Crippen LogP contribution in [0.2, 0.25) is 0 Å². The van der Waals surface area contributed by atoms with Gasteiger partial charge in [0.2, 0.25) is 0 Å². The van der Waals surface area contributed by atoms with Crippen LogP contribution in [0.25, 0.3) is 22.2 Å². The summed E-state index contributed by atoms with van der Waals surface area (Å²) in [6, 6.07) is 5.38. The maximum atomic E-state index is 13.0. The van der Waals surface area contributed by atoms with E-state index in [2.05, 4.69) is 9.97 Å². The van der Waals surface area contributed by atoms with Crippen molar-refractivity contribution in [2.24, 2.45) is 0 Å². The maximum Gasteiger partial charge on any atom is 0.418 e. The second-order valence-corrected chi connectivity index (χ2v) is 4.90. The van der Waals surface area contributed by atoms with Crippen LogP contribution in [-0.2, 0) is 12.4 Å². The molecule has 2 nitrogen and oxygen atoms in total. The van der Waals surface area contributed by atoms with Crippen molar-refractivity contribution in [3.8, 4) is 11.3 Å². The average Bonchev–Trinajstić information content (AvgIpc) is 2.88. The first-order valence-corrected chi connectivity index (χ1v) is 6.38. The predicted octanol–water partition coefficient (Wildman–Crippen LogP) is 5.27. The highest BCUT2D eigenvalue weighted by molar-refractivity contribution is 5.87. The van der Waals surface area contributed by atoms with Crippen molar-refractivity contribution in [1.82, 2.24) is 9.97 Å². The highest BCUT2D eigenvalue weighted by Crippen LogP contribution is 2.38. The normalized spacial score (nSPS) is 12.8. The molecule has 0 saturated heterocycles. The van der Waals surface area contributed by atoms with E-state index in [0.717, 1.165) is 18.2 Å². The molecule has 2 heterocycles. The van der Waals surface area contributed by atoms with Gasteiger partial charge in [0, 0.05) is 34.6 Å². The Labute approximate surface area is 125 Å². The molecule has 0 saturated carbocycles. The number of rotatable bonds is 1. The van der Waals surface area contributed by atoms with Gasteiger partial charge >= 0.3 is 12.4 Å². The summed E-state index contributed by atoms with van der Waals surface area (Å²) in [6.07, 6.45) is -7.25. The molecule has 120 valence electrons. The third-order valence-corrected chi connectivity index (χ3v) is 3.36. The highest BCUT2D eigenvalue weighted by atomic mass is 19.4. The number of H-pyrrole nitrogens is 1. The molecule has 0 fully saturated rings. The van der Waals surface area contributed by atoms with Crippen molar-refractivity contribution in [2.75, 3.05) is 0 Å². The van der Waals surface area contributed by atoms with Gasteiger partial charge in [0.1, 0.15) is 0 Å². The molecule has 0 aliphatic rings. The van der Waals surface area contributed by atoms with Gasteiger partial charge in [0.15, 0.2) is 0 Å². The molecule has 1 N–H and O–H groups in total. The number of aromatic amines is 1. The van der Waals surface area contributed by atoms with Crippen molar-refractivity contribution in [1.29, 1.82) is 0 Å². The number of nitrogens with one attached hydrogen (secondary N) is 1. The number of pyridine rings is 1. The van der Waals surface area contributed by atoms with Crippen LogP contribution >= 0.6 is 0 Å². The molecular formula is C15H8F6N2. The summed E-state index contributed by atoms with van der Waals surface area (Å²) >= 11 is 0. The van der Waals surface area contributed by atoms with Gasteiger partial charge in [-0.15, -0.1) is 0 Å². The van der Waals surface area contributed by atoms with E-state index in [4.69, 9.17) is 0 Å². The number of nitrogens with zero attached hydrogens (tertiary/aromatic N) is 1. The molecule has 0 atom stereocenters. The first-order chi connectivity index (χ1) is 10.7. The molecule has 3 rings (SSSR count). The van der Waals surface area contributed by atoms with E-state index in [0.29, 0.717) is 11.7 Å². The molecule has 0 aliphatic carbocycles. The molecule has 0 unspecified atom stereocenters. The Balaban J connectivity index is 2.16. The molecule has 23 heavy (non-hydrogen) atoms. The Hall–Kier alpha value is -2.51. The SMILES string of the molecule is FC(F)(F)c1ccc2[nH]c(-c3ccncc3C(F)(F)F)cc2c1. The van der Waals surface area contributed by atoms with E-state index in [1.54, 1.807) is 0 Å². The van der Waals surface area contributed by atoms with Crippen molar-refractivity contribution in [3.05, 3.63) is 53.9 Å². The lowest BCUT2D eigenvalue weighted by molar-refractivity contribution is -0.138. The summed E-state index contributed by atoms with van der Waals surface area (Å²) in [7, 11) is 0. The molecule has 0 amide bonds. The molecule has 1 aromatic carbocycles. The standard InChI is InChI=1S/C15H8F6N2/c16-14(17,18)9-1-2-12-8(5-9)6-13(23-12)10-3-4-22-7-11(10)15(19,20)21/h1-7,23H. The third-order valence-electron chi connectivity index (χ3n) is 3.36. The van der Waals surface area contributed by atoms with E-state index < -0.39 is 23.5 Å². The number of alkyl halides is 6. The lowest BCUT2D eigenvalue weighted by Gasteiger charge is -2.10. The summed E-state index contributed by atoms with van der Waals surface area (Å²) in [5, 5.41) is 0.180. The zero-order valence-electron chi connectivity index (χ0n) is 11.3. The summed E-state index contributed by atoms with van der Waals surface area (Å²) in [4.78, 5) is 6.16. The van der Waals surface area contributed by atoms with Gasteiger partial charge in [-0.3, -0.25) is 4.98 Å². The van der Waals surface area contributed by atoms with Crippen molar-refractivity contribution in [2.45, 2.75) is 12.4 Å². The monoisotopic (exact) mass is 330 g/mol. The fraction of sp³-hybridized carbons (Fsp3) is 0.133. The number of benzene rings is 1. The zero-order chi connectivity index (χ0) is 16.8. The zero-order valence-corrected chi connectivity index (χ0v) is 11.3. The van der Waals surface area contributed by atoms with Gasteiger partial charge in [0.05, 0.1) is 11.1 Å². The topological polar surface area (TPSA) is 28.7 Å². The van der Waals surface area contributed by atoms with Gasteiger partial charge in [-0.05, 0) is 30.3 Å². The number of aromatic nitrogens is 2. The molecule has 0 spiro atoms. The number of hydrogen-bond acceptors (Lipinski definition) is 1. The Morgan fingerprint density at radius 1 is 0.870 bits per heavy atom. The summed E-state index contributed by atoms with van der Waals surface area (Å²) in [5.74, 6) is 0. The van der Waals surface area contributed by atoms with Gasteiger partial charge in [-0.1, -0.05) is 0 Å². The lowest BCUT2D eigenvalue weighted by Crippen LogP contribution is -2.07. The minimum atomic E-state index is -4.61. The van der Waals surface area contributed by atoms with Crippen LogP contribution in [0.15, 0.2) is 42.7 Å². The smallest absolute Gasteiger partial charge is 0.355 e. The van der Waals surface area contributed by atoms with Crippen LogP contribution in [-0.4, -0.2) is 9.97 Å². The minimum Gasteiger partial charge on any atom is -0.355 e. The van der Waals surface area contributed by atoms with Gasteiger partial charge in [-0.25, -0.2) is 0 Å². The number of fused-ring (bicyclic) bond motifs is 1. The predicted molar refractivity (Wildman–Crippen MR) is 71.5 cm³/mol. The Kier molecular flexibility index (Phi) is 3.35. The lowest BCUT2D eigenvalue weighted by atomic mass is 10.1. The molecule has 0 radical (unpaired) electrons. The van der Waals surface area contributed by atoms with E-state index in [1.165, 1.54) is 18.3 Å². The van der Waals surface area contributed by atoms with Crippen LogP contribution in [0.1, 0.15) is 11.1 Å². The number of halogens is 6. The average molecular weight is 330 g/mol. The van der Waals surface area contributed by atoms with Crippen LogP contribution < -0.4 is 0 Å². The molecule has 2 aromatic heterocycles. The molecule has 8 heteroatoms. The van der Waals surface area contributed by atoms with E-state index >= 15 is 0 Å². The van der Waals surface area contributed by atoms with Crippen LogP contribution in [0.4, 0.5) is 26.3 Å². The first-order valence-electron chi connectivity index (χ1n) is 6.38. The van der Waals surface area contributed by atoms with Crippen molar-refractivity contribution < 1.29 is 26.3 Å². The maximum absolute atomic E-state index is 13.0. The minimum absolute atomic E-state index is 0.0778. The summed E-state index contributed by atoms with van der Waals surface area (Å²) in [5.41, 5.74) is -1.59. The fourth-order valence-corrected chi connectivity index (χ4v) is 2.31. The summed E-state index contributed by atoms with van der Waals surface area (Å²) < 4.78 is 77.1. The van der Waals surface area contributed by atoms with E-state index in [9.17, 15) is 26.3 Å². The first kappa shape index (κ1) is 15.4. The Bertz CT molecular complexity index is 860. The summed E-state index contributed by atoms with van der Waals surface area (Å²) in [6.45, 7) is 0. The van der Waals surface area contributed by atoms with E-state index in [-0.39, 0.29) is 16.6 Å². The van der Waals surface area contributed by atoms with Gasteiger partial charge in [0.25, 0.3) is 0 Å². The molecule has 3 aromatic rings. The van der Waals surface area contributed by atoms with Crippen LogP contribution in [0, 0.1) is 0 Å². The fourth-order valence-electron chi connectivity index (χ4n) is 2.31. The van der Waals surface area contributed by atoms with Crippen molar-refractivity contribution >= 4 is 10.9 Å². The Morgan fingerprint density at radius 3 is 2.26 bits per heavy atom. The third kappa shape index (κ3) is 2.88. The van der Waals surface area contributed by atoms with Crippen molar-refractivity contribution in [3.63, 3.8) is 0 Å². The van der Waals surface area contributed by atoms with E-state index in [1.807, 2.05) is 0 Å². The second kappa shape index (κ2) is 5.00. The van der Waals surface area contributed by atoms with Gasteiger partial charge < -0.3 is 4.98 Å². The quantitative estimate of drug-likeness (QED) is 0.605. The molecule has 0 aliphatic heterocycles. The van der Waals surface area contributed by atoms with Gasteiger partial charge in [-0.2, -0.15) is 26.3 Å². The second-order valence-electron chi connectivity index (χ2n) is 4.90. The highest BCUT2D eigenvalue weighted by Gasteiger charge is 2.34. The largest absolute Gasteiger partial charge is 0.418 e. The molecule has 0 bridgehead atoms. The number of hydrogen-bond donors (Lipinski definition) is 1.